The number of nitrogens with zero attached hydrogens (tertiary/aromatic N) is 2. The van der Waals surface area contributed by atoms with Gasteiger partial charge in [0.2, 0.25) is 5.96 Å². The Morgan fingerprint density at radius 2 is 1.41 bits per heavy atom. The van der Waals surface area contributed by atoms with Crippen LogP contribution in [0.4, 0.5) is 21.0 Å². The Bertz CT molecular complexity index is 1840. The number of alkyl carbamates (subject to hydrolysis) is 2. The van der Waals surface area contributed by atoms with Crippen LogP contribution in [-0.4, -0.2) is 66.6 Å². The van der Waals surface area contributed by atoms with E-state index in [9.17, 15) is 24.3 Å². The van der Waals surface area contributed by atoms with E-state index in [-0.39, 0.29) is 23.6 Å². The zero-order valence-corrected chi connectivity index (χ0v) is 32.5. The van der Waals surface area contributed by atoms with E-state index >= 15 is 0 Å². The summed E-state index contributed by atoms with van der Waals surface area (Å²) in [6.45, 7) is 17.4. The number of rotatable bonds is 12. The van der Waals surface area contributed by atoms with E-state index in [4.69, 9.17) is 23.7 Å². The first kappa shape index (κ1) is 42.4. The molecular weight excluding hydrogens is 696 g/mol. The third-order valence-corrected chi connectivity index (χ3v) is 7.25. The van der Waals surface area contributed by atoms with Crippen LogP contribution in [0.3, 0.4) is 0 Å². The van der Waals surface area contributed by atoms with Gasteiger partial charge >= 0.3 is 24.1 Å². The zero-order valence-electron chi connectivity index (χ0n) is 32.5. The summed E-state index contributed by atoms with van der Waals surface area (Å²) in [7, 11) is 1.60. The molecule has 3 N–H and O–H groups in total. The molecule has 0 bridgehead atoms. The summed E-state index contributed by atoms with van der Waals surface area (Å²) >= 11 is 0. The number of benzene rings is 3. The quantitative estimate of drug-likeness (QED) is 0.0541. The predicted molar refractivity (Wildman–Crippen MR) is 206 cm³/mol. The highest BCUT2D eigenvalue weighted by Crippen LogP contribution is 2.30. The zero-order chi connectivity index (χ0) is 40.2. The molecule has 0 aliphatic carbocycles. The maximum absolute atomic E-state index is 13.3. The van der Waals surface area contributed by atoms with Gasteiger partial charge in [0, 0.05) is 36.0 Å². The van der Waals surface area contributed by atoms with E-state index in [2.05, 4.69) is 34.4 Å². The number of carboxylic acids is 1. The summed E-state index contributed by atoms with van der Waals surface area (Å²) in [4.78, 5) is 57.1. The van der Waals surface area contributed by atoms with Gasteiger partial charge in [-0.15, -0.1) is 0 Å². The molecule has 0 aromatic heterocycles. The minimum absolute atomic E-state index is 0.00600. The van der Waals surface area contributed by atoms with E-state index in [1.54, 1.807) is 61.7 Å². The molecule has 0 atom stereocenters. The molecule has 290 valence electrons. The van der Waals surface area contributed by atoms with E-state index in [1.165, 1.54) is 12.1 Å². The number of nitrogens with one attached hydrogen (secondary N) is 2. The van der Waals surface area contributed by atoms with Crippen molar-refractivity contribution in [2.24, 2.45) is 4.99 Å². The van der Waals surface area contributed by atoms with E-state index in [0.717, 1.165) is 36.2 Å². The lowest BCUT2D eigenvalue weighted by atomic mass is 10.1. The molecule has 3 aromatic rings. The van der Waals surface area contributed by atoms with Crippen molar-refractivity contribution in [1.82, 2.24) is 10.6 Å². The Balaban J connectivity index is 1.92. The molecule has 3 rings (SSSR count). The number of esters is 1. The molecule has 2 amide bonds. The molecule has 14 nitrogen and oxygen atoms in total. The number of aliphatic imine (C=N–C) groups is 1. The van der Waals surface area contributed by atoms with Gasteiger partial charge in [-0.3, -0.25) is 10.6 Å². The van der Waals surface area contributed by atoms with Crippen molar-refractivity contribution in [1.29, 1.82) is 0 Å². The van der Waals surface area contributed by atoms with Crippen molar-refractivity contribution < 1.29 is 48.0 Å². The minimum atomic E-state index is -1.42. The highest BCUT2D eigenvalue weighted by Gasteiger charge is 2.23. The number of amides is 2. The van der Waals surface area contributed by atoms with Crippen molar-refractivity contribution in [3.05, 3.63) is 82.9 Å². The SMILES string of the molecule is CCN(CC)c1ccc(/C=C(\C)C(=O)Oc2ccc(N=C(NC(=O)OC(C)(C)C)NC(=O)OC(C)(C)C)cc2C(=O)O)c(OCc2ccc(OC)cc2)c1. The molecule has 3 aromatic carbocycles. The van der Waals surface area contributed by atoms with Gasteiger partial charge in [-0.05, 0) is 116 Å². The molecular formula is C40H50N4O10. The Hall–Kier alpha value is -6.05. The number of methoxy groups -OCH3 is 1. The summed E-state index contributed by atoms with van der Waals surface area (Å²) in [6.07, 6.45) is -0.255. The maximum atomic E-state index is 13.3. The predicted octanol–water partition coefficient (Wildman–Crippen LogP) is 7.86. The highest BCUT2D eigenvalue weighted by molar-refractivity contribution is 6.03. The molecule has 14 heteroatoms. The molecule has 0 heterocycles. The first-order valence-corrected chi connectivity index (χ1v) is 17.3. The molecule has 0 spiro atoms. The summed E-state index contributed by atoms with van der Waals surface area (Å²) in [5.41, 5.74) is 0.501. The molecule has 0 fully saturated rings. The molecule has 0 saturated carbocycles. The van der Waals surface area contributed by atoms with Gasteiger partial charge in [-0.25, -0.2) is 24.2 Å². The molecule has 0 aliphatic rings. The number of guanidine groups is 1. The lowest BCUT2D eigenvalue weighted by molar-refractivity contribution is -0.130. The largest absolute Gasteiger partial charge is 0.497 e. The van der Waals surface area contributed by atoms with Gasteiger partial charge in [0.25, 0.3) is 0 Å². The third-order valence-electron chi connectivity index (χ3n) is 7.25. The topological polar surface area (TPSA) is 174 Å². The van der Waals surface area contributed by atoms with Crippen molar-refractivity contribution in [2.45, 2.75) is 80.1 Å². The number of anilines is 1. The fourth-order valence-corrected chi connectivity index (χ4v) is 4.77. The van der Waals surface area contributed by atoms with Crippen LogP contribution in [0.2, 0.25) is 0 Å². The van der Waals surface area contributed by atoms with Crippen LogP contribution in [0.5, 0.6) is 17.2 Å². The van der Waals surface area contributed by atoms with E-state index in [0.29, 0.717) is 11.3 Å². The van der Waals surface area contributed by atoms with E-state index in [1.807, 2.05) is 42.5 Å². The second-order valence-electron chi connectivity index (χ2n) is 13.9. The first-order valence-electron chi connectivity index (χ1n) is 17.3. The van der Waals surface area contributed by atoms with Crippen LogP contribution >= 0.6 is 0 Å². The molecule has 0 saturated heterocycles. The number of hydrogen-bond acceptors (Lipinski definition) is 11. The van der Waals surface area contributed by atoms with Crippen LogP contribution in [-0.2, 0) is 20.9 Å². The lowest BCUT2D eigenvalue weighted by Crippen LogP contribution is -2.47. The third kappa shape index (κ3) is 13.5. The van der Waals surface area contributed by atoms with Crippen LogP contribution in [0, 0.1) is 0 Å². The second kappa shape index (κ2) is 18.6. The van der Waals surface area contributed by atoms with Gasteiger partial charge in [-0.2, -0.15) is 0 Å². The van der Waals surface area contributed by atoms with Gasteiger partial charge in [0.05, 0.1) is 12.8 Å². The maximum Gasteiger partial charge on any atom is 0.414 e. The Morgan fingerprint density at radius 1 is 0.815 bits per heavy atom. The molecule has 0 aliphatic heterocycles. The smallest absolute Gasteiger partial charge is 0.414 e. The molecule has 0 radical (unpaired) electrons. The second-order valence-corrected chi connectivity index (χ2v) is 13.9. The van der Waals surface area contributed by atoms with Gasteiger partial charge < -0.3 is 33.7 Å². The summed E-state index contributed by atoms with van der Waals surface area (Å²) in [5, 5.41) is 14.7. The standard InChI is InChI=1S/C40H50N4O10/c1-11-44(12-2)29-17-15-27(33(23-29)51-24-26-13-18-30(50-10)19-14-26)21-25(3)35(47)52-32-20-16-28(22-31(32)34(45)46)41-36(42-37(48)53-39(4,5)6)43-38(49)54-40(7,8)9/h13-23H,11-12,24H2,1-10H3,(H,45,46)(H2,41,42,43,48,49)/b25-21+. The Morgan fingerprint density at radius 3 is 1.93 bits per heavy atom. The first-order chi connectivity index (χ1) is 25.3. The highest BCUT2D eigenvalue weighted by atomic mass is 16.6. The number of carboxylic acid groups (broad SMARTS) is 1. The number of carbonyl (C=O) groups excluding carboxylic acids is 3. The molecule has 0 unspecified atom stereocenters. The number of carbonyl (C=O) groups is 4. The van der Waals surface area contributed by atoms with Crippen LogP contribution in [0.15, 0.2) is 71.2 Å². The monoisotopic (exact) mass is 746 g/mol. The fraction of sp³-hybridized carbons (Fsp3) is 0.375. The van der Waals surface area contributed by atoms with Crippen molar-refractivity contribution in [3.8, 4) is 17.2 Å². The van der Waals surface area contributed by atoms with Gasteiger partial charge in [0.1, 0.15) is 40.6 Å². The van der Waals surface area contributed by atoms with Crippen LogP contribution in [0.25, 0.3) is 6.08 Å². The fourth-order valence-electron chi connectivity index (χ4n) is 4.77. The van der Waals surface area contributed by atoms with Crippen LogP contribution in [0.1, 0.15) is 83.8 Å². The lowest BCUT2D eigenvalue weighted by Gasteiger charge is -2.22. The Kier molecular flexibility index (Phi) is 14.6. The van der Waals surface area contributed by atoms with Crippen LogP contribution < -0.4 is 29.7 Å². The summed E-state index contributed by atoms with van der Waals surface area (Å²) < 4.78 is 27.6. The summed E-state index contributed by atoms with van der Waals surface area (Å²) in [5.74, 6) is -1.61. The summed E-state index contributed by atoms with van der Waals surface area (Å²) in [6, 6.07) is 16.9. The van der Waals surface area contributed by atoms with Gasteiger partial charge in [-0.1, -0.05) is 12.1 Å². The van der Waals surface area contributed by atoms with Crippen molar-refractivity contribution in [2.75, 3.05) is 25.1 Å². The van der Waals surface area contributed by atoms with Crippen molar-refractivity contribution in [3.63, 3.8) is 0 Å². The number of ether oxygens (including phenoxy) is 5. The number of aromatic carboxylic acids is 1. The minimum Gasteiger partial charge on any atom is -0.497 e. The number of hydrogen-bond donors (Lipinski definition) is 3. The van der Waals surface area contributed by atoms with E-state index < -0.39 is 46.9 Å². The average molecular weight is 747 g/mol. The molecule has 54 heavy (non-hydrogen) atoms. The van der Waals surface area contributed by atoms with Gasteiger partial charge in [0.15, 0.2) is 0 Å². The normalized spacial score (nSPS) is 11.5. The Labute approximate surface area is 316 Å². The van der Waals surface area contributed by atoms with Crippen molar-refractivity contribution >= 4 is 47.5 Å². The average Bonchev–Trinajstić information content (AvgIpc) is 3.07.